The number of hydrogen-bond donors (Lipinski definition) is 0. The van der Waals surface area contributed by atoms with Gasteiger partial charge in [-0.05, 0) is 109 Å². The Kier molecular flexibility index (Phi) is 11.4. The third kappa shape index (κ3) is 7.35. The number of benzene rings is 6. The van der Waals surface area contributed by atoms with Gasteiger partial charge in [0.15, 0.2) is 0 Å². The van der Waals surface area contributed by atoms with E-state index in [-0.39, 0.29) is 10.8 Å². The molecule has 0 spiro atoms. The van der Waals surface area contributed by atoms with Crippen molar-refractivity contribution in [3.05, 3.63) is 204 Å². The molecule has 6 aromatic carbocycles. The quantitative estimate of drug-likeness (QED) is 0.141. The van der Waals surface area contributed by atoms with Gasteiger partial charge in [-0.2, -0.15) is 0 Å². The molecule has 0 aliphatic carbocycles. The van der Waals surface area contributed by atoms with Gasteiger partial charge in [0, 0.05) is 0 Å². The van der Waals surface area contributed by atoms with E-state index in [1.807, 2.05) is 0 Å². The fraction of sp³-hybridized carbons (Fsp3) is 0.167. The first kappa shape index (κ1) is 38.3. The summed E-state index contributed by atoms with van der Waals surface area (Å²) >= 11 is 0. The first-order chi connectivity index (χ1) is 26.1. The van der Waals surface area contributed by atoms with E-state index in [1.165, 1.54) is 11.1 Å². The molecule has 0 aromatic heterocycles. The third-order valence-electron chi connectivity index (χ3n) is 9.69. The Morgan fingerprint density at radius 1 is 0.278 bits per heavy atom. The highest BCUT2D eigenvalue weighted by molar-refractivity contribution is 9.09. The average molecular weight is 811 g/mol. The molecule has 0 saturated carbocycles. The molecule has 2 aliphatic rings. The molecule has 0 bridgehead atoms. The molecule has 6 unspecified atom stereocenters. The molecule has 0 fully saturated rings. The summed E-state index contributed by atoms with van der Waals surface area (Å²) in [5.74, 6) is 0. The van der Waals surface area contributed by atoms with Crippen molar-refractivity contribution in [2.45, 2.75) is 41.5 Å². The summed E-state index contributed by atoms with van der Waals surface area (Å²) in [7, 11) is -2.70. The highest BCUT2D eigenvalue weighted by atomic mass is 33.0. The lowest BCUT2D eigenvalue weighted by atomic mass is 9.94. The van der Waals surface area contributed by atoms with Gasteiger partial charge in [0.25, 0.3) is 0 Å². The first-order valence-electron chi connectivity index (χ1n) is 18.8. The maximum atomic E-state index is 2.51. The van der Waals surface area contributed by atoms with Crippen LogP contribution in [0.4, 0.5) is 0 Å². The molecule has 0 nitrogen and oxygen atoms in total. The van der Waals surface area contributed by atoms with Crippen molar-refractivity contribution in [1.29, 1.82) is 0 Å². The van der Waals surface area contributed by atoms with E-state index in [0.717, 1.165) is 0 Å². The zero-order chi connectivity index (χ0) is 37.5. The van der Waals surface area contributed by atoms with Crippen molar-refractivity contribution in [1.82, 2.24) is 0 Å². The van der Waals surface area contributed by atoms with Crippen LogP contribution in [-0.4, -0.2) is 0 Å². The van der Waals surface area contributed by atoms with Gasteiger partial charge < -0.3 is 0 Å². The average Bonchev–Trinajstić information content (AvgIpc) is 3.75. The SMILES string of the molecule is CC(C)(C)C1=C(c2ccccc2)P(c2ccccc2)P(P2P(c3ccccc3)C(c3ccccc3)=C(C(C)(C)C)P2c2ccccc2)P1c1ccccc1. The smallest absolute Gasteiger partial charge is 0.00245 e. The van der Waals surface area contributed by atoms with Crippen molar-refractivity contribution in [3.63, 3.8) is 0 Å². The summed E-state index contributed by atoms with van der Waals surface area (Å²) < 4.78 is 0. The summed E-state index contributed by atoms with van der Waals surface area (Å²) in [6.07, 6.45) is 0. The predicted molar refractivity (Wildman–Crippen MR) is 251 cm³/mol. The van der Waals surface area contributed by atoms with E-state index in [4.69, 9.17) is 0 Å². The van der Waals surface area contributed by atoms with Gasteiger partial charge in [-0.15, -0.1) is 0 Å². The minimum absolute atomic E-state index is 0.00176. The molecule has 270 valence electrons. The van der Waals surface area contributed by atoms with Crippen LogP contribution in [0.2, 0.25) is 0 Å². The van der Waals surface area contributed by atoms with Crippen molar-refractivity contribution in [2.24, 2.45) is 10.8 Å². The second-order valence-corrected chi connectivity index (χ2v) is 40.9. The van der Waals surface area contributed by atoms with Crippen molar-refractivity contribution in [3.8, 4) is 0 Å². The van der Waals surface area contributed by atoms with Crippen LogP contribution in [0.5, 0.6) is 0 Å². The first-order valence-corrected chi connectivity index (χ1v) is 30.3. The normalized spacial score (nSPS) is 23.2. The van der Waals surface area contributed by atoms with E-state index in [9.17, 15) is 0 Å². The van der Waals surface area contributed by atoms with Gasteiger partial charge in [0.05, 0.1) is 0 Å². The number of hydrogen-bond acceptors (Lipinski definition) is 0. The molecule has 6 atom stereocenters. The van der Waals surface area contributed by atoms with E-state index in [0.29, 0.717) is 0 Å². The summed E-state index contributed by atoms with van der Waals surface area (Å²) in [5, 5.41) is 13.0. The summed E-state index contributed by atoms with van der Waals surface area (Å²) in [6.45, 7) is 13.9. The van der Waals surface area contributed by atoms with Gasteiger partial charge in [-0.3, -0.25) is 0 Å². The molecular weight excluding hydrogens is 762 g/mol. The maximum Gasteiger partial charge on any atom is -0.00245 e. The molecule has 54 heavy (non-hydrogen) atoms. The van der Waals surface area contributed by atoms with Gasteiger partial charge in [0.2, 0.25) is 0 Å². The number of allylic oxidation sites excluding steroid dienone is 2. The summed E-state index contributed by atoms with van der Waals surface area (Å²) in [6, 6.07) is 70.5. The summed E-state index contributed by atoms with van der Waals surface area (Å²) in [4.78, 5) is 0. The second-order valence-electron chi connectivity index (χ2n) is 15.8. The standard InChI is InChI=1S/C48H48P6/c1-47(2,3)45-43(37-25-13-7-14-26-37)49(39-29-17-9-18-30-39)53(51(45)41-33-21-11-22-34-41)54-50(40-31-19-10-20-32-40)44(38-27-15-8-16-28-38)46(48(4,5)6)52(54)42-35-23-12-24-36-42/h7-36H,1-6H3. The highest BCUT2D eigenvalue weighted by Gasteiger charge is 2.58. The van der Waals surface area contributed by atoms with Crippen molar-refractivity contribution >= 4 is 76.3 Å². The molecule has 8 rings (SSSR count). The van der Waals surface area contributed by atoms with Crippen LogP contribution in [0.3, 0.4) is 0 Å². The lowest BCUT2D eigenvalue weighted by Crippen LogP contribution is -2.12. The van der Waals surface area contributed by atoms with Crippen LogP contribution in [0.25, 0.3) is 10.6 Å². The van der Waals surface area contributed by atoms with Crippen LogP contribution in [0.15, 0.2) is 193 Å². The van der Waals surface area contributed by atoms with Gasteiger partial charge in [0.1, 0.15) is 0 Å². The van der Waals surface area contributed by atoms with Crippen LogP contribution in [-0.2, 0) is 0 Å². The Balaban J connectivity index is 1.53. The van der Waals surface area contributed by atoms with Crippen LogP contribution in [0.1, 0.15) is 52.7 Å². The molecule has 0 saturated heterocycles. The molecule has 2 heterocycles. The lowest BCUT2D eigenvalue weighted by Gasteiger charge is -2.42. The van der Waals surface area contributed by atoms with E-state index in [1.54, 1.807) is 42.5 Å². The fourth-order valence-electron chi connectivity index (χ4n) is 7.52. The highest BCUT2D eigenvalue weighted by Crippen LogP contribution is 3.21. The Labute approximate surface area is 330 Å². The molecular formula is C48H48P6. The Morgan fingerprint density at radius 3 is 0.741 bits per heavy atom. The van der Waals surface area contributed by atoms with E-state index >= 15 is 0 Å². The molecule has 0 radical (unpaired) electrons. The van der Waals surface area contributed by atoms with E-state index in [2.05, 4.69) is 224 Å². The maximum absolute atomic E-state index is 2.51. The minimum atomic E-state index is -0.690. The predicted octanol–water partition coefficient (Wildman–Crippen LogP) is 15.6. The van der Waals surface area contributed by atoms with E-state index < -0.39 is 44.4 Å². The number of rotatable bonds is 7. The van der Waals surface area contributed by atoms with Crippen LogP contribution < -0.4 is 21.2 Å². The summed E-state index contributed by atoms with van der Waals surface area (Å²) in [5.41, 5.74) is 2.87. The Bertz CT molecular complexity index is 2080. The van der Waals surface area contributed by atoms with Crippen LogP contribution >= 0.6 is 44.4 Å². The molecule has 6 heteroatoms. The Hall–Kier alpha value is -2.62. The molecule has 0 amide bonds. The second kappa shape index (κ2) is 16.1. The van der Waals surface area contributed by atoms with Gasteiger partial charge in [-0.1, -0.05) is 224 Å². The Morgan fingerprint density at radius 2 is 0.500 bits per heavy atom. The van der Waals surface area contributed by atoms with Crippen molar-refractivity contribution < 1.29 is 0 Å². The fourth-order valence-corrected chi connectivity index (χ4v) is 71.9. The molecule has 2 aliphatic heterocycles. The topological polar surface area (TPSA) is 0 Å². The lowest BCUT2D eigenvalue weighted by molar-refractivity contribution is 0.534. The zero-order valence-corrected chi connectivity index (χ0v) is 37.4. The van der Waals surface area contributed by atoms with Gasteiger partial charge in [-0.25, -0.2) is 0 Å². The van der Waals surface area contributed by atoms with Crippen molar-refractivity contribution in [2.75, 3.05) is 0 Å². The molecule has 0 N–H and O–H groups in total. The monoisotopic (exact) mass is 810 g/mol. The third-order valence-corrected chi connectivity index (χ3v) is 54.2. The zero-order valence-electron chi connectivity index (χ0n) is 32.0. The largest absolute Gasteiger partial charge is 0.0622 e. The van der Waals surface area contributed by atoms with Gasteiger partial charge >= 0.3 is 0 Å². The minimum Gasteiger partial charge on any atom is -0.0622 e. The molecule has 6 aromatic rings. The van der Waals surface area contributed by atoms with Crippen LogP contribution in [0, 0.1) is 10.8 Å².